The number of alkyl halides is 2. The quantitative estimate of drug-likeness (QED) is 0.922. The molecule has 2 heterocycles. The molecule has 25 heavy (non-hydrogen) atoms. The molecule has 0 radical (unpaired) electrons. The largest absolute Gasteiger partial charge is 0.373 e. The van der Waals surface area contributed by atoms with Crippen molar-refractivity contribution in [1.82, 2.24) is 14.9 Å². The second-order valence-electron chi connectivity index (χ2n) is 6.80. The standard InChI is InChI=1S/C18H21F2N3O2/c1-18(2)11-23(7-8-25-18)10-12-5-3-4-6-13(12)17-21-14(16(19)20)9-15(24)22-17/h3-6,9,16H,7-8,10-11H2,1-2H3,(H,21,22,24). The van der Waals surface area contributed by atoms with E-state index in [1.807, 2.05) is 26.0 Å². The molecule has 5 nitrogen and oxygen atoms in total. The van der Waals surface area contributed by atoms with E-state index in [-0.39, 0.29) is 11.4 Å². The highest BCUT2D eigenvalue weighted by atomic mass is 19.3. The molecule has 0 unspecified atom stereocenters. The second-order valence-corrected chi connectivity index (χ2v) is 6.80. The molecule has 0 aliphatic carbocycles. The third-order valence-corrected chi connectivity index (χ3v) is 4.16. The number of ether oxygens (including phenoxy) is 1. The summed E-state index contributed by atoms with van der Waals surface area (Å²) in [4.78, 5) is 20.5. The van der Waals surface area contributed by atoms with Gasteiger partial charge < -0.3 is 9.72 Å². The van der Waals surface area contributed by atoms with Crippen molar-refractivity contribution in [2.75, 3.05) is 19.7 Å². The fourth-order valence-corrected chi connectivity index (χ4v) is 3.10. The van der Waals surface area contributed by atoms with E-state index in [9.17, 15) is 13.6 Å². The van der Waals surface area contributed by atoms with Gasteiger partial charge >= 0.3 is 0 Å². The van der Waals surface area contributed by atoms with Crippen molar-refractivity contribution in [3.05, 3.63) is 51.9 Å². The number of nitrogens with zero attached hydrogens (tertiary/aromatic N) is 2. The van der Waals surface area contributed by atoms with Gasteiger partial charge in [-0.15, -0.1) is 0 Å². The minimum atomic E-state index is -2.78. The van der Waals surface area contributed by atoms with Crippen molar-refractivity contribution in [3.8, 4) is 11.4 Å². The summed E-state index contributed by atoms with van der Waals surface area (Å²) in [6, 6.07) is 8.24. The van der Waals surface area contributed by atoms with Gasteiger partial charge in [0.2, 0.25) is 0 Å². The normalized spacial score (nSPS) is 17.8. The minimum Gasteiger partial charge on any atom is -0.373 e. The maximum Gasteiger partial charge on any atom is 0.280 e. The van der Waals surface area contributed by atoms with Gasteiger partial charge in [-0.2, -0.15) is 0 Å². The van der Waals surface area contributed by atoms with Crippen LogP contribution in [0.3, 0.4) is 0 Å². The SMILES string of the molecule is CC1(C)CN(Cc2ccccc2-c2nc(C(F)F)cc(=O)[nH]2)CCO1. The van der Waals surface area contributed by atoms with Crippen LogP contribution < -0.4 is 5.56 Å². The molecule has 3 rings (SSSR count). The van der Waals surface area contributed by atoms with Crippen molar-refractivity contribution >= 4 is 0 Å². The van der Waals surface area contributed by atoms with Gasteiger partial charge in [-0.1, -0.05) is 24.3 Å². The van der Waals surface area contributed by atoms with Crippen LogP contribution in [-0.4, -0.2) is 40.2 Å². The van der Waals surface area contributed by atoms with Crippen LogP contribution in [0.2, 0.25) is 0 Å². The average Bonchev–Trinajstić information content (AvgIpc) is 2.54. The van der Waals surface area contributed by atoms with Crippen molar-refractivity contribution in [2.45, 2.75) is 32.4 Å². The number of nitrogens with one attached hydrogen (secondary N) is 1. The first kappa shape index (κ1) is 17.7. The van der Waals surface area contributed by atoms with Gasteiger partial charge in [0, 0.05) is 31.3 Å². The van der Waals surface area contributed by atoms with Crippen LogP contribution in [0.5, 0.6) is 0 Å². The minimum absolute atomic E-state index is 0.172. The van der Waals surface area contributed by atoms with Gasteiger partial charge in [0.1, 0.15) is 11.5 Å². The summed E-state index contributed by atoms with van der Waals surface area (Å²) in [6.07, 6.45) is -2.78. The van der Waals surface area contributed by atoms with E-state index in [0.29, 0.717) is 18.7 Å². The highest BCUT2D eigenvalue weighted by molar-refractivity contribution is 5.60. The summed E-state index contributed by atoms with van der Waals surface area (Å²) in [6.45, 7) is 6.91. The summed E-state index contributed by atoms with van der Waals surface area (Å²) in [5.74, 6) is 0.172. The first-order chi connectivity index (χ1) is 11.8. The lowest BCUT2D eigenvalue weighted by Crippen LogP contribution is -2.47. The predicted molar refractivity (Wildman–Crippen MR) is 90.6 cm³/mol. The molecule has 2 aromatic rings. The molecule has 134 valence electrons. The second kappa shape index (κ2) is 7.01. The zero-order chi connectivity index (χ0) is 18.0. The lowest BCUT2D eigenvalue weighted by atomic mass is 10.0. The van der Waals surface area contributed by atoms with Crippen molar-refractivity contribution in [1.29, 1.82) is 0 Å². The zero-order valence-corrected chi connectivity index (χ0v) is 14.3. The number of morpholine rings is 1. The van der Waals surface area contributed by atoms with E-state index in [2.05, 4.69) is 14.9 Å². The Morgan fingerprint density at radius 2 is 2.12 bits per heavy atom. The molecule has 1 aromatic carbocycles. The maximum absolute atomic E-state index is 13.0. The van der Waals surface area contributed by atoms with Gasteiger partial charge in [-0.25, -0.2) is 13.8 Å². The molecule has 1 aromatic heterocycles. The molecular weight excluding hydrogens is 328 g/mol. The van der Waals surface area contributed by atoms with Crippen LogP contribution in [0.15, 0.2) is 35.1 Å². The zero-order valence-electron chi connectivity index (χ0n) is 14.3. The smallest absolute Gasteiger partial charge is 0.280 e. The fraction of sp³-hybridized carbons (Fsp3) is 0.444. The molecule has 1 aliphatic heterocycles. The van der Waals surface area contributed by atoms with Crippen LogP contribution in [0.4, 0.5) is 8.78 Å². The van der Waals surface area contributed by atoms with E-state index >= 15 is 0 Å². The van der Waals surface area contributed by atoms with Gasteiger partial charge in [0.15, 0.2) is 0 Å². The monoisotopic (exact) mass is 349 g/mol. The predicted octanol–water partition coefficient (Wildman–Crippen LogP) is 2.99. The molecule has 0 bridgehead atoms. The fourth-order valence-electron chi connectivity index (χ4n) is 3.10. The number of hydrogen-bond donors (Lipinski definition) is 1. The van der Waals surface area contributed by atoms with Crippen molar-refractivity contribution in [3.63, 3.8) is 0 Å². The molecule has 0 spiro atoms. The lowest BCUT2D eigenvalue weighted by Gasteiger charge is -2.38. The molecule has 0 saturated carbocycles. The van der Waals surface area contributed by atoms with E-state index in [4.69, 9.17) is 4.74 Å². The molecule has 0 amide bonds. The van der Waals surface area contributed by atoms with Gasteiger partial charge in [-0.3, -0.25) is 9.69 Å². The first-order valence-electron chi connectivity index (χ1n) is 8.18. The first-order valence-corrected chi connectivity index (χ1v) is 8.18. The van der Waals surface area contributed by atoms with Crippen molar-refractivity contribution < 1.29 is 13.5 Å². The Bertz CT molecular complexity index is 805. The van der Waals surface area contributed by atoms with Crippen LogP contribution in [0.1, 0.15) is 31.5 Å². The van der Waals surface area contributed by atoms with E-state index in [1.165, 1.54) is 0 Å². The number of benzene rings is 1. The van der Waals surface area contributed by atoms with Crippen LogP contribution in [0.25, 0.3) is 11.4 Å². The van der Waals surface area contributed by atoms with Crippen LogP contribution in [-0.2, 0) is 11.3 Å². The lowest BCUT2D eigenvalue weighted by molar-refractivity contribution is -0.0882. The Morgan fingerprint density at radius 1 is 1.36 bits per heavy atom. The summed E-state index contributed by atoms with van der Waals surface area (Å²) in [5.41, 5.74) is 0.264. The Balaban J connectivity index is 1.93. The topological polar surface area (TPSA) is 58.2 Å². The molecule has 1 N–H and O–H groups in total. The Kier molecular flexibility index (Phi) is 4.96. The van der Waals surface area contributed by atoms with E-state index in [1.54, 1.807) is 12.1 Å². The van der Waals surface area contributed by atoms with E-state index in [0.717, 1.165) is 24.7 Å². The third kappa shape index (κ3) is 4.29. The van der Waals surface area contributed by atoms with Gasteiger partial charge in [0.25, 0.3) is 12.0 Å². The Labute approximate surface area is 144 Å². The summed E-state index contributed by atoms with van der Waals surface area (Å²) >= 11 is 0. The third-order valence-electron chi connectivity index (χ3n) is 4.16. The Morgan fingerprint density at radius 3 is 2.84 bits per heavy atom. The number of aromatic nitrogens is 2. The number of hydrogen-bond acceptors (Lipinski definition) is 4. The van der Waals surface area contributed by atoms with Crippen LogP contribution in [0, 0.1) is 0 Å². The molecule has 0 atom stereocenters. The van der Waals surface area contributed by atoms with Gasteiger partial charge in [0.05, 0.1) is 12.2 Å². The Hall–Kier alpha value is -2.12. The molecular formula is C18H21F2N3O2. The summed E-state index contributed by atoms with van der Waals surface area (Å²) in [7, 11) is 0. The molecule has 1 saturated heterocycles. The van der Waals surface area contributed by atoms with Gasteiger partial charge in [-0.05, 0) is 19.4 Å². The highest BCUT2D eigenvalue weighted by Gasteiger charge is 2.27. The molecule has 1 aliphatic rings. The number of rotatable bonds is 4. The highest BCUT2D eigenvalue weighted by Crippen LogP contribution is 2.25. The van der Waals surface area contributed by atoms with Crippen LogP contribution >= 0.6 is 0 Å². The summed E-state index contributed by atoms with van der Waals surface area (Å²) < 4.78 is 31.6. The molecule has 7 heteroatoms. The van der Waals surface area contributed by atoms with E-state index < -0.39 is 17.7 Å². The number of halogens is 2. The van der Waals surface area contributed by atoms with Crippen molar-refractivity contribution in [2.24, 2.45) is 0 Å². The maximum atomic E-state index is 13.0. The molecule has 1 fully saturated rings. The average molecular weight is 349 g/mol. The summed E-state index contributed by atoms with van der Waals surface area (Å²) in [5, 5.41) is 0. The number of H-pyrrole nitrogens is 1. The number of aromatic amines is 1.